The minimum absolute atomic E-state index is 0.0217. The van der Waals surface area contributed by atoms with Crippen molar-refractivity contribution in [2.45, 2.75) is 48.0 Å². The van der Waals surface area contributed by atoms with Crippen LogP contribution in [0.2, 0.25) is 0 Å². The maximum Gasteiger partial charge on any atom is 0.328 e. The van der Waals surface area contributed by atoms with E-state index in [1.807, 2.05) is 45.1 Å². The van der Waals surface area contributed by atoms with Gasteiger partial charge >= 0.3 is 5.97 Å². The number of hydrogen-bond donors (Lipinski definition) is 3. The Labute approximate surface area is 202 Å². The van der Waals surface area contributed by atoms with Gasteiger partial charge in [-0.25, -0.2) is 4.79 Å². The molecule has 182 valence electrons. The number of Topliss-reactive ketones (excluding diaryl/α,β-unsaturated/α-hetero) is 1. The van der Waals surface area contributed by atoms with Gasteiger partial charge in [-0.1, -0.05) is 65.0 Å². The van der Waals surface area contributed by atoms with E-state index in [4.69, 9.17) is 5.11 Å². The molecule has 2 aromatic rings. The number of hydrogen-bond acceptors (Lipinski definition) is 3. The summed E-state index contributed by atoms with van der Waals surface area (Å²) in [4.78, 5) is 36.9. The number of aromatic nitrogens is 1. The third-order valence-electron chi connectivity index (χ3n) is 3.95. The van der Waals surface area contributed by atoms with Crippen LogP contribution >= 0.6 is 0 Å². The van der Waals surface area contributed by atoms with E-state index in [0.29, 0.717) is 16.8 Å². The number of aliphatic carboxylic acids is 1. The van der Waals surface area contributed by atoms with Crippen molar-refractivity contribution in [2.75, 3.05) is 5.32 Å². The number of ketones is 1. The number of carboxylic acid groups (broad SMARTS) is 1. The average Bonchev–Trinajstić information content (AvgIpc) is 3.30. The summed E-state index contributed by atoms with van der Waals surface area (Å²) in [7, 11) is 0. The van der Waals surface area contributed by atoms with Crippen LogP contribution in [0.25, 0.3) is 11.1 Å². The minimum atomic E-state index is -1.19. The first-order valence-corrected chi connectivity index (χ1v) is 11.3. The second-order valence-electron chi connectivity index (χ2n) is 6.93. The topological polar surface area (TPSA) is 99.3 Å². The fourth-order valence-electron chi connectivity index (χ4n) is 2.56. The normalized spacial score (nSPS) is 10.7. The molecule has 0 aliphatic rings. The summed E-state index contributed by atoms with van der Waals surface area (Å²) in [5, 5.41) is 11.2. The van der Waals surface area contributed by atoms with E-state index in [1.165, 1.54) is 13.3 Å². The summed E-state index contributed by atoms with van der Waals surface area (Å²) in [6, 6.07) is 8.85. The largest absolute Gasteiger partial charge is 0.478 e. The molecule has 1 aromatic carbocycles. The molecule has 0 aliphatic heterocycles. The summed E-state index contributed by atoms with van der Waals surface area (Å²) >= 11 is 0. The number of amides is 1. The van der Waals surface area contributed by atoms with Crippen molar-refractivity contribution in [3.05, 3.63) is 90.3 Å². The van der Waals surface area contributed by atoms with Crippen molar-refractivity contribution in [3.63, 3.8) is 0 Å². The van der Waals surface area contributed by atoms with Gasteiger partial charge in [-0.15, -0.1) is 0 Å². The number of nitrogens with one attached hydrogen (secondary N) is 2. The van der Waals surface area contributed by atoms with Crippen LogP contribution in [0.3, 0.4) is 0 Å². The van der Waals surface area contributed by atoms with Crippen LogP contribution in [0.4, 0.5) is 5.69 Å². The van der Waals surface area contributed by atoms with Gasteiger partial charge in [0.25, 0.3) is 0 Å². The molecule has 2 rings (SSSR count). The van der Waals surface area contributed by atoms with Crippen molar-refractivity contribution < 1.29 is 19.5 Å². The Hall–Kier alpha value is -3.93. The summed E-state index contributed by atoms with van der Waals surface area (Å²) in [5.74, 6) is -1.75. The molecule has 1 aromatic heterocycles. The monoisotopic (exact) mass is 464 g/mol. The molecule has 0 unspecified atom stereocenters. The van der Waals surface area contributed by atoms with Crippen LogP contribution in [0.5, 0.6) is 0 Å². The lowest BCUT2D eigenvalue weighted by Crippen LogP contribution is -2.08. The summed E-state index contributed by atoms with van der Waals surface area (Å²) < 4.78 is 0. The minimum Gasteiger partial charge on any atom is -0.478 e. The SMILES string of the molecule is C=C(/C=C(\C=C/C)c1cc(C(C)=O)c[nH]1)c1cccc(NC(=O)/C=C\C(=O)O)c1.CC.CCC. The quantitative estimate of drug-likeness (QED) is 0.224. The maximum atomic E-state index is 11.8. The van der Waals surface area contributed by atoms with Crippen LogP contribution in [-0.4, -0.2) is 27.8 Å². The summed E-state index contributed by atoms with van der Waals surface area (Å²) in [5.41, 5.74) is 4.24. The van der Waals surface area contributed by atoms with Crippen molar-refractivity contribution >= 4 is 34.5 Å². The van der Waals surface area contributed by atoms with Gasteiger partial charge in [0.15, 0.2) is 5.78 Å². The molecule has 1 heterocycles. The highest BCUT2D eigenvalue weighted by molar-refractivity contribution is 6.02. The second-order valence-corrected chi connectivity index (χ2v) is 6.93. The Morgan fingerprint density at radius 3 is 2.24 bits per heavy atom. The van der Waals surface area contributed by atoms with E-state index < -0.39 is 11.9 Å². The molecule has 0 fully saturated rings. The van der Waals surface area contributed by atoms with E-state index in [-0.39, 0.29) is 5.78 Å². The Balaban J connectivity index is 0.00000201. The molecular formula is C28H36N2O4. The average molecular weight is 465 g/mol. The fourth-order valence-corrected chi connectivity index (χ4v) is 2.56. The van der Waals surface area contributed by atoms with Crippen LogP contribution in [0, 0.1) is 0 Å². The third-order valence-corrected chi connectivity index (χ3v) is 3.95. The van der Waals surface area contributed by atoms with Gasteiger partial charge < -0.3 is 15.4 Å². The third kappa shape index (κ3) is 11.1. The first kappa shape index (κ1) is 30.1. The zero-order valence-corrected chi connectivity index (χ0v) is 20.9. The fraction of sp³-hybridized carbons (Fsp3) is 0.250. The number of carboxylic acids is 1. The van der Waals surface area contributed by atoms with Gasteiger partial charge in [0.05, 0.1) is 0 Å². The molecule has 0 saturated carbocycles. The zero-order chi connectivity index (χ0) is 26.1. The van der Waals surface area contributed by atoms with Crippen molar-refractivity contribution in [2.24, 2.45) is 0 Å². The zero-order valence-electron chi connectivity index (χ0n) is 20.9. The standard InChI is InChI=1S/C23H22N2O4.C3H8.C2H6/c1-4-6-18(21-13-19(14-24-21)16(3)26)11-15(2)17-7-5-8-20(12-17)25-22(27)9-10-23(28)29;1-3-2;1-2/h4-14,24H,2H2,1,3H3,(H,25,27)(H,28,29);3H2,1-2H3;1-2H3/b6-4-,10-9-,18-11+;;. The van der Waals surface area contributed by atoms with Gasteiger partial charge in [-0.05, 0) is 54.8 Å². The predicted molar refractivity (Wildman–Crippen MR) is 142 cm³/mol. The van der Waals surface area contributed by atoms with Crippen LogP contribution < -0.4 is 5.32 Å². The highest BCUT2D eigenvalue weighted by Gasteiger charge is 2.08. The van der Waals surface area contributed by atoms with Crippen molar-refractivity contribution in [1.82, 2.24) is 4.98 Å². The lowest BCUT2D eigenvalue weighted by Gasteiger charge is -2.07. The predicted octanol–water partition coefficient (Wildman–Crippen LogP) is 6.91. The number of benzene rings is 1. The van der Waals surface area contributed by atoms with Crippen LogP contribution in [-0.2, 0) is 9.59 Å². The van der Waals surface area contributed by atoms with E-state index >= 15 is 0 Å². The molecule has 1 amide bonds. The molecule has 0 atom stereocenters. The van der Waals surface area contributed by atoms with Crippen LogP contribution in [0.1, 0.15) is 69.6 Å². The number of carbonyl (C=O) groups excluding carboxylic acids is 2. The van der Waals surface area contributed by atoms with E-state index in [9.17, 15) is 14.4 Å². The molecule has 3 N–H and O–H groups in total. The van der Waals surface area contributed by atoms with E-state index in [1.54, 1.807) is 30.5 Å². The van der Waals surface area contributed by atoms with Gasteiger partial charge in [0.2, 0.25) is 5.91 Å². The van der Waals surface area contributed by atoms with Crippen molar-refractivity contribution in [3.8, 4) is 0 Å². The number of allylic oxidation sites excluding steroid dienone is 5. The molecule has 0 aliphatic carbocycles. The number of carbonyl (C=O) groups is 3. The highest BCUT2D eigenvalue weighted by Crippen LogP contribution is 2.24. The van der Waals surface area contributed by atoms with E-state index in [0.717, 1.165) is 29.0 Å². The highest BCUT2D eigenvalue weighted by atomic mass is 16.4. The molecule has 0 spiro atoms. The van der Waals surface area contributed by atoms with Crippen LogP contribution in [0.15, 0.2) is 73.5 Å². The van der Waals surface area contributed by atoms with Gasteiger partial charge in [0, 0.05) is 35.3 Å². The maximum absolute atomic E-state index is 11.8. The lowest BCUT2D eigenvalue weighted by atomic mass is 10.0. The number of aromatic amines is 1. The van der Waals surface area contributed by atoms with Gasteiger partial charge in [0.1, 0.15) is 0 Å². The smallest absolute Gasteiger partial charge is 0.328 e. The molecular weight excluding hydrogens is 428 g/mol. The Morgan fingerprint density at radius 1 is 1.06 bits per heavy atom. The summed E-state index contributed by atoms with van der Waals surface area (Å²) in [6.07, 6.45) is 10.3. The molecule has 6 nitrogen and oxygen atoms in total. The Bertz CT molecular complexity index is 1060. The molecule has 0 saturated heterocycles. The van der Waals surface area contributed by atoms with Crippen molar-refractivity contribution in [1.29, 1.82) is 0 Å². The van der Waals surface area contributed by atoms with E-state index in [2.05, 4.69) is 30.7 Å². The number of anilines is 1. The van der Waals surface area contributed by atoms with Gasteiger partial charge in [-0.2, -0.15) is 0 Å². The Morgan fingerprint density at radius 2 is 1.71 bits per heavy atom. The molecule has 0 bridgehead atoms. The molecule has 34 heavy (non-hydrogen) atoms. The second kappa shape index (κ2) is 16.7. The first-order valence-electron chi connectivity index (χ1n) is 11.3. The summed E-state index contributed by atoms with van der Waals surface area (Å²) in [6.45, 7) is 15.8. The molecule has 0 radical (unpaired) electrons. The first-order chi connectivity index (χ1) is 16.2. The van der Waals surface area contributed by atoms with Gasteiger partial charge in [-0.3, -0.25) is 9.59 Å². The number of H-pyrrole nitrogens is 1. The number of rotatable bonds is 8. The molecule has 6 heteroatoms. The Kier molecular flexibility index (Phi) is 14.7. The lowest BCUT2D eigenvalue weighted by molar-refractivity contribution is -0.131.